The van der Waals surface area contributed by atoms with Crippen molar-refractivity contribution in [2.24, 2.45) is 11.8 Å². The number of likely N-dealkylation sites (tertiary alicyclic amines) is 1. The zero-order valence-electron chi connectivity index (χ0n) is 14.0. The average Bonchev–Trinajstić information content (AvgIpc) is 2.66. The third kappa shape index (κ3) is 2.37. The van der Waals surface area contributed by atoms with Crippen LogP contribution in [0.1, 0.15) is 42.5 Å². The molecule has 0 aromatic heterocycles. The number of hydrogen-bond acceptors (Lipinski definition) is 2. The zero-order valence-corrected chi connectivity index (χ0v) is 14.0. The number of amides is 1. The van der Waals surface area contributed by atoms with Crippen LogP contribution in [0.3, 0.4) is 0 Å². The van der Waals surface area contributed by atoms with Gasteiger partial charge in [0.15, 0.2) is 5.78 Å². The van der Waals surface area contributed by atoms with Crippen molar-refractivity contribution in [2.75, 3.05) is 7.05 Å². The van der Waals surface area contributed by atoms with Crippen LogP contribution >= 0.6 is 0 Å². The number of ketones is 1. The van der Waals surface area contributed by atoms with Crippen LogP contribution in [-0.4, -0.2) is 29.7 Å². The largest absolute Gasteiger partial charge is 0.335 e. The number of carbonyl (C=O) groups excluding carboxylic acids is 2. The summed E-state index contributed by atoms with van der Waals surface area (Å²) < 4.78 is 0. The number of Topliss-reactive ketones (excluding diaryl/α,β-unsaturated/α-hetero) is 1. The van der Waals surface area contributed by atoms with Gasteiger partial charge in [-0.1, -0.05) is 31.5 Å². The van der Waals surface area contributed by atoms with Gasteiger partial charge in [0.1, 0.15) is 0 Å². The minimum Gasteiger partial charge on any atom is -0.335 e. The van der Waals surface area contributed by atoms with Gasteiger partial charge in [0.05, 0.1) is 6.04 Å². The second-order valence-corrected chi connectivity index (χ2v) is 7.02. The van der Waals surface area contributed by atoms with Crippen molar-refractivity contribution >= 4 is 11.7 Å². The first-order valence-corrected chi connectivity index (χ1v) is 8.34. The highest BCUT2D eigenvalue weighted by atomic mass is 16.2. The summed E-state index contributed by atoms with van der Waals surface area (Å²) >= 11 is 0. The van der Waals surface area contributed by atoms with Gasteiger partial charge in [-0.2, -0.15) is 0 Å². The molecule has 1 saturated heterocycles. The van der Waals surface area contributed by atoms with Crippen molar-refractivity contribution in [3.05, 3.63) is 34.4 Å². The zero-order chi connectivity index (χ0) is 16.0. The smallest absolute Gasteiger partial charge is 0.225 e. The van der Waals surface area contributed by atoms with Crippen LogP contribution in [0.25, 0.3) is 0 Å². The van der Waals surface area contributed by atoms with E-state index in [0.717, 1.165) is 12.8 Å². The van der Waals surface area contributed by atoms with Gasteiger partial charge in [0, 0.05) is 25.3 Å². The van der Waals surface area contributed by atoms with E-state index in [-0.39, 0.29) is 29.6 Å². The number of nitrogens with zero attached hydrogens (tertiary/aromatic N) is 1. The van der Waals surface area contributed by atoms with Gasteiger partial charge in [-0.3, -0.25) is 9.59 Å². The number of rotatable bonds is 1. The lowest BCUT2D eigenvalue weighted by Gasteiger charge is -2.27. The Morgan fingerprint density at radius 1 is 1.23 bits per heavy atom. The number of aryl methyl sites for hydroxylation is 2. The van der Waals surface area contributed by atoms with Crippen LogP contribution in [0.15, 0.2) is 12.1 Å². The van der Waals surface area contributed by atoms with Crippen LogP contribution in [-0.2, 0) is 28.9 Å². The van der Waals surface area contributed by atoms with Crippen LogP contribution in [0, 0.1) is 18.8 Å². The van der Waals surface area contributed by atoms with Gasteiger partial charge in [-0.25, -0.2) is 0 Å². The third-order valence-electron chi connectivity index (χ3n) is 5.43. The minimum atomic E-state index is -0.281. The molecule has 0 N–H and O–H groups in total. The number of likely N-dealkylation sites (N-methyl/N-ethyl adjacent to an activating group) is 1. The first-order valence-electron chi connectivity index (χ1n) is 8.34. The molecule has 0 radical (unpaired) electrons. The molecule has 3 nitrogen and oxygen atoms in total. The van der Waals surface area contributed by atoms with Crippen molar-refractivity contribution < 1.29 is 9.59 Å². The highest BCUT2D eigenvalue weighted by Crippen LogP contribution is 2.34. The molecule has 0 unspecified atom stereocenters. The summed E-state index contributed by atoms with van der Waals surface area (Å²) in [4.78, 5) is 27.1. The predicted molar refractivity (Wildman–Crippen MR) is 86.8 cm³/mol. The number of fused-ring (bicyclic) bond motifs is 3. The molecule has 0 spiro atoms. The van der Waals surface area contributed by atoms with Crippen molar-refractivity contribution in [1.82, 2.24) is 4.90 Å². The fraction of sp³-hybridized carbons (Fsp3) is 0.579. The molecule has 22 heavy (non-hydrogen) atoms. The lowest BCUT2D eigenvalue weighted by molar-refractivity contribution is -0.138. The van der Waals surface area contributed by atoms with Gasteiger partial charge >= 0.3 is 0 Å². The van der Waals surface area contributed by atoms with E-state index in [1.807, 2.05) is 6.92 Å². The van der Waals surface area contributed by atoms with E-state index in [1.165, 1.54) is 22.3 Å². The number of carbonyl (C=O) groups is 2. The lowest BCUT2D eigenvalue weighted by atomic mass is 9.87. The van der Waals surface area contributed by atoms with E-state index >= 15 is 0 Å². The Kier molecular flexibility index (Phi) is 3.84. The van der Waals surface area contributed by atoms with Gasteiger partial charge in [-0.05, 0) is 42.9 Å². The van der Waals surface area contributed by atoms with Crippen LogP contribution in [0.2, 0.25) is 0 Å². The highest BCUT2D eigenvalue weighted by molar-refractivity contribution is 5.94. The summed E-state index contributed by atoms with van der Waals surface area (Å²) in [7, 11) is 1.80. The Morgan fingerprint density at radius 2 is 1.95 bits per heavy atom. The van der Waals surface area contributed by atoms with Crippen LogP contribution in [0.5, 0.6) is 0 Å². The summed E-state index contributed by atoms with van der Waals surface area (Å²) in [6, 6.07) is 4.19. The molecule has 1 fully saturated rings. The van der Waals surface area contributed by atoms with E-state index < -0.39 is 0 Å². The summed E-state index contributed by atoms with van der Waals surface area (Å²) in [5, 5.41) is 0. The molecule has 2 aliphatic rings. The monoisotopic (exact) mass is 299 g/mol. The van der Waals surface area contributed by atoms with Crippen LogP contribution in [0.4, 0.5) is 0 Å². The fourth-order valence-electron chi connectivity index (χ4n) is 4.22. The molecule has 1 heterocycles. The summed E-state index contributed by atoms with van der Waals surface area (Å²) in [6.45, 7) is 6.25. The molecule has 1 aliphatic heterocycles. The maximum Gasteiger partial charge on any atom is 0.225 e. The molecule has 2 bridgehead atoms. The van der Waals surface area contributed by atoms with E-state index in [2.05, 4.69) is 26.0 Å². The molecular weight excluding hydrogens is 274 g/mol. The summed E-state index contributed by atoms with van der Waals surface area (Å²) in [5.74, 6) is 0.313. The second-order valence-electron chi connectivity index (χ2n) is 7.02. The number of benzene rings is 1. The molecule has 118 valence electrons. The minimum absolute atomic E-state index is 0.0124. The van der Waals surface area contributed by atoms with Crippen molar-refractivity contribution in [1.29, 1.82) is 0 Å². The quantitative estimate of drug-likeness (QED) is 0.799. The molecule has 1 aromatic rings. The van der Waals surface area contributed by atoms with Crippen LogP contribution < -0.4 is 0 Å². The maximum atomic E-state index is 12.9. The summed E-state index contributed by atoms with van der Waals surface area (Å²) in [5.41, 5.74) is 5.24. The Hall–Kier alpha value is -1.64. The van der Waals surface area contributed by atoms with Crippen molar-refractivity contribution in [3.8, 4) is 0 Å². The summed E-state index contributed by atoms with van der Waals surface area (Å²) in [6.07, 6.45) is 3.14. The van der Waals surface area contributed by atoms with E-state index in [9.17, 15) is 9.59 Å². The molecule has 1 amide bonds. The standard InChI is InChI=1S/C19H25NO2/c1-5-13-6-11(2)7-14-9-15-8-12(3)19(22)20(4)17(18(15)21)10-16(13)14/h6-7,12,15,17H,5,8-10H2,1-4H3/t12-,15+,17-/m0/s1. The van der Waals surface area contributed by atoms with Gasteiger partial charge in [-0.15, -0.1) is 0 Å². The normalized spacial score (nSPS) is 28.2. The first-order chi connectivity index (χ1) is 10.4. The number of hydrogen-bond donors (Lipinski definition) is 0. The van der Waals surface area contributed by atoms with E-state index in [0.29, 0.717) is 12.8 Å². The Bertz CT molecular complexity index is 635. The van der Waals surface area contributed by atoms with E-state index in [1.54, 1.807) is 11.9 Å². The Labute approximate surface area is 132 Å². The highest BCUT2D eigenvalue weighted by Gasteiger charge is 2.41. The average molecular weight is 299 g/mol. The van der Waals surface area contributed by atoms with Crippen molar-refractivity contribution in [2.45, 2.75) is 52.5 Å². The molecule has 1 aliphatic carbocycles. The second kappa shape index (κ2) is 5.53. The maximum absolute atomic E-state index is 12.9. The predicted octanol–water partition coefficient (Wildman–Crippen LogP) is 2.71. The topological polar surface area (TPSA) is 37.4 Å². The molecular formula is C19H25NO2. The third-order valence-corrected chi connectivity index (χ3v) is 5.43. The molecule has 1 aromatic carbocycles. The molecule has 3 heteroatoms. The fourth-order valence-corrected chi connectivity index (χ4v) is 4.22. The Morgan fingerprint density at radius 3 is 2.64 bits per heavy atom. The SMILES string of the molecule is CCc1cc(C)cc2c1C[C@H]1C(=O)[C@@H](C2)C[C@H](C)C(=O)N1C. The molecule has 3 atom stereocenters. The molecule has 0 saturated carbocycles. The van der Waals surface area contributed by atoms with Gasteiger partial charge < -0.3 is 4.90 Å². The van der Waals surface area contributed by atoms with E-state index in [4.69, 9.17) is 0 Å². The van der Waals surface area contributed by atoms with Crippen molar-refractivity contribution in [3.63, 3.8) is 0 Å². The van der Waals surface area contributed by atoms with Gasteiger partial charge in [0.25, 0.3) is 0 Å². The molecule has 3 rings (SSSR count). The lowest BCUT2D eigenvalue weighted by Crippen LogP contribution is -2.44. The Balaban J connectivity index is 2.12. The first kappa shape index (κ1) is 15.3. The van der Waals surface area contributed by atoms with Gasteiger partial charge in [0.2, 0.25) is 5.91 Å².